The van der Waals surface area contributed by atoms with Crippen molar-refractivity contribution in [3.05, 3.63) is 0 Å². The molecule has 2 aliphatic rings. The summed E-state index contributed by atoms with van der Waals surface area (Å²) in [4.78, 5) is 2.81. The van der Waals surface area contributed by atoms with Crippen LogP contribution >= 0.6 is 0 Å². The summed E-state index contributed by atoms with van der Waals surface area (Å²) in [5, 5.41) is 3.68. The van der Waals surface area contributed by atoms with Gasteiger partial charge in [0.25, 0.3) is 0 Å². The molecular formula is C16H32N2. The Morgan fingerprint density at radius 3 is 2.39 bits per heavy atom. The average molecular weight is 252 g/mol. The highest BCUT2D eigenvalue weighted by atomic mass is 15.2. The number of nitrogens with zero attached hydrogens (tertiary/aromatic N) is 1. The predicted octanol–water partition coefficient (Wildman–Crippen LogP) is 3.42. The normalized spacial score (nSPS) is 36.0. The van der Waals surface area contributed by atoms with Gasteiger partial charge in [-0.15, -0.1) is 0 Å². The van der Waals surface area contributed by atoms with Crippen molar-refractivity contribution in [3.8, 4) is 0 Å². The molecule has 2 nitrogen and oxygen atoms in total. The van der Waals surface area contributed by atoms with Gasteiger partial charge >= 0.3 is 0 Å². The van der Waals surface area contributed by atoms with Crippen LogP contribution in [0.4, 0.5) is 0 Å². The van der Waals surface area contributed by atoms with Crippen molar-refractivity contribution in [2.24, 2.45) is 5.92 Å². The van der Waals surface area contributed by atoms with Gasteiger partial charge in [-0.1, -0.05) is 20.3 Å². The molecule has 0 bridgehead atoms. The number of nitrogens with one attached hydrogen (secondary N) is 1. The Balaban J connectivity index is 1.80. The summed E-state index contributed by atoms with van der Waals surface area (Å²) in [5.41, 5.74) is 0. The molecule has 1 saturated carbocycles. The van der Waals surface area contributed by atoms with Gasteiger partial charge in [0.15, 0.2) is 0 Å². The molecule has 1 N–H and O–H groups in total. The van der Waals surface area contributed by atoms with E-state index in [0.717, 1.165) is 18.0 Å². The number of hydrogen-bond acceptors (Lipinski definition) is 2. The minimum atomic E-state index is 0.764. The van der Waals surface area contributed by atoms with Crippen molar-refractivity contribution in [1.82, 2.24) is 10.2 Å². The third kappa shape index (κ3) is 3.96. The Labute approximate surface area is 114 Å². The third-order valence-electron chi connectivity index (χ3n) is 5.22. The molecule has 1 atom stereocenters. The van der Waals surface area contributed by atoms with Crippen LogP contribution < -0.4 is 5.32 Å². The van der Waals surface area contributed by atoms with Crippen LogP contribution in [0.3, 0.4) is 0 Å². The van der Waals surface area contributed by atoms with Gasteiger partial charge < -0.3 is 10.2 Å². The molecule has 1 saturated heterocycles. The standard InChI is InChI=1S/C16H32N2/c1-3-14-6-8-16(9-7-14)18-12-5-11-17-15(4-2)10-13-18/h14-17H,3-13H2,1-2H3. The molecule has 0 aromatic rings. The first-order chi connectivity index (χ1) is 8.83. The van der Waals surface area contributed by atoms with Crippen LogP contribution in [0.2, 0.25) is 0 Å². The topological polar surface area (TPSA) is 15.3 Å². The highest BCUT2D eigenvalue weighted by molar-refractivity contribution is 4.82. The van der Waals surface area contributed by atoms with E-state index >= 15 is 0 Å². The lowest BCUT2D eigenvalue weighted by Crippen LogP contribution is -2.45. The summed E-state index contributed by atoms with van der Waals surface area (Å²) in [7, 11) is 0. The monoisotopic (exact) mass is 252 g/mol. The zero-order chi connectivity index (χ0) is 12.8. The Morgan fingerprint density at radius 1 is 0.944 bits per heavy atom. The van der Waals surface area contributed by atoms with E-state index in [2.05, 4.69) is 24.1 Å². The Hall–Kier alpha value is -0.0800. The van der Waals surface area contributed by atoms with Gasteiger partial charge in [0, 0.05) is 12.1 Å². The fraction of sp³-hybridized carbons (Fsp3) is 1.00. The quantitative estimate of drug-likeness (QED) is 0.828. The van der Waals surface area contributed by atoms with Crippen molar-refractivity contribution in [3.63, 3.8) is 0 Å². The van der Waals surface area contributed by atoms with Crippen LogP contribution in [0, 0.1) is 5.92 Å². The van der Waals surface area contributed by atoms with Gasteiger partial charge in [-0.25, -0.2) is 0 Å². The molecule has 1 unspecified atom stereocenters. The molecule has 2 rings (SSSR count). The predicted molar refractivity (Wildman–Crippen MR) is 78.9 cm³/mol. The van der Waals surface area contributed by atoms with Crippen molar-refractivity contribution in [2.45, 2.75) is 77.3 Å². The third-order valence-corrected chi connectivity index (χ3v) is 5.22. The van der Waals surface area contributed by atoms with Gasteiger partial charge in [-0.05, 0) is 70.5 Å². The fourth-order valence-electron chi connectivity index (χ4n) is 3.76. The van der Waals surface area contributed by atoms with E-state index in [1.807, 2.05) is 0 Å². The summed E-state index contributed by atoms with van der Waals surface area (Å²) in [6.07, 6.45) is 11.3. The van der Waals surface area contributed by atoms with E-state index < -0.39 is 0 Å². The minimum absolute atomic E-state index is 0.764. The molecule has 0 amide bonds. The van der Waals surface area contributed by atoms with Gasteiger partial charge in [0.2, 0.25) is 0 Å². The van der Waals surface area contributed by atoms with E-state index in [0.29, 0.717) is 0 Å². The molecule has 2 fully saturated rings. The largest absolute Gasteiger partial charge is 0.314 e. The summed E-state index contributed by atoms with van der Waals surface area (Å²) in [6, 6.07) is 1.67. The molecule has 0 radical (unpaired) electrons. The van der Waals surface area contributed by atoms with Crippen LogP contribution in [0.25, 0.3) is 0 Å². The zero-order valence-corrected chi connectivity index (χ0v) is 12.5. The first-order valence-electron chi connectivity index (χ1n) is 8.30. The minimum Gasteiger partial charge on any atom is -0.314 e. The van der Waals surface area contributed by atoms with E-state index in [1.165, 1.54) is 71.0 Å². The van der Waals surface area contributed by atoms with E-state index in [4.69, 9.17) is 0 Å². The van der Waals surface area contributed by atoms with Crippen LogP contribution in [0.1, 0.15) is 65.2 Å². The van der Waals surface area contributed by atoms with Crippen molar-refractivity contribution < 1.29 is 0 Å². The van der Waals surface area contributed by atoms with Gasteiger partial charge in [-0.3, -0.25) is 0 Å². The van der Waals surface area contributed by atoms with Crippen LogP contribution in [-0.4, -0.2) is 36.6 Å². The lowest BCUT2D eigenvalue weighted by molar-refractivity contribution is 0.120. The van der Waals surface area contributed by atoms with Gasteiger partial charge in [0.1, 0.15) is 0 Å². The molecule has 0 aromatic heterocycles. The maximum Gasteiger partial charge on any atom is 0.00954 e. The molecule has 2 heteroatoms. The van der Waals surface area contributed by atoms with Crippen molar-refractivity contribution >= 4 is 0 Å². The molecule has 18 heavy (non-hydrogen) atoms. The first-order valence-corrected chi connectivity index (χ1v) is 8.30. The van der Waals surface area contributed by atoms with Crippen LogP contribution in [0.5, 0.6) is 0 Å². The highest BCUT2D eigenvalue weighted by Gasteiger charge is 2.25. The SMILES string of the molecule is CCC1CCC(N2CCCNC(CC)CC2)CC1. The lowest BCUT2D eigenvalue weighted by atomic mass is 9.83. The Morgan fingerprint density at radius 2 is 1.72 bits per heavy atom. The molecule has 0 aromatic carbocycles. The van der Waals surface area contributed by atoms with Crippen molar-refractivity contribution in [2.75, 3.05) is 19.6 Å². The van der Waals surface area contributed by atoms with Crippen molar-refractivity contribution in [1.29, 1.82) is 0 Å². The Bertz CT molecular complexity index is 221. The lowest BCUT2D eigenvalue weighted by Gasteiger charge is -2.38. The number of hydrogen-bond donors (Lipinski definition) is 1. The second kappa shape index (κ2) is 7.49. The summed E-state index contributed by atoms with van der Waals surface area (Å²) in [6.45, 7) is 8.55. The summed E-state index contributed by atoms with van der Waals surface area (Å²) < 4.78 is 0. The van der Waals surface area contributed by atoms with Crippen LogP contribution in [0.15, 0.2) is 0 Å². The molecule has 0 spiro atoms. The van der Waals surface area contributed by atoms with Crippen LogP contribution in [-0.2, 0) is 0 Å². The van der Waals surface area contributed by atoms with Gasteiger partial charge in [0.05, 0.1) is 0 Å². The Kier molecular flexibility index (Phi) is 5.97. The molecule has 1 aliphatic carbocycles. The first kappa shape index (κ1) is 14.3. The summed E-state index contributed by atoms with van der Waals surface area (Å²) in [5.74, 6) is 1.03. The zero-order valence-electron chi connectivity index (χ0n) is 12.5. The second-order valence-corrected chi connectivity index (χ2v) is 6.32. The van der Waals surface area contributed by atoms with Gasteiger partial charge in [-0.2, -0.15) is 0 Å². The average Bonchev–Trinajstić information content (AvgIpc) is 2.39. The maximum atomic E-state index is 3.68. The fourth-order valence-corrected chi connectivity index (χ4v) is 3.76. The smallest absolute Gasteiger partial charge is 0.00954 e. The molecule has 1 aliphatic heterocycles. The van der Waals surface area contributed by atoms with E-state index in [9.17, 15) is 0 Å². The summed E-state index contributed by atoms with van der Waals surface area (Å²) >= 11 is 0. The maximum absolute atomic E-state index is 3.68. The highest BCUT2D eigenvalue weighted by Crippen LogP contribution is 2.29. The molecule has 1 heterocycles. The number of rotatable bonds is 3. The molecular weight excluding hydrogens is 220 g/mol. The second-order valence-electron chi connectivity index (χ2n) is 6.32. The van der Waals surface area contributed by atoms with E-state index in [1.54, 1.807) is 0 Å². The van der Waals surface area contributed by atoms with E-state index in [-0.39, 0.29) is 0 Å². The molecule has 106 valence electrons.